The topological polar surface area (TPSA) is 80.9 Å². The Kier molecular flexibility index (Phi) is 5.43. The minimum absolute atomic E-state index is 0.0426. The lowest BCUT2D eigenvalue weighted by Gasteiger charge is -2.33. The van der Waals surface area contributed by atoms with Crippen LogP contribution in [0.4, 0.5) is 0 Å². The lowest BCUT2D eigenvalue weighted by molar-refractivity contribution is -0.127. The van der Waals surface area contributed by atoms with Gasteiger partial charge in [0.15, 0.2) is 11.5 Å². The Morgan fingerprint density at radius 3 is 2.68 bits per heavy atom. The maximum atomic E-state index is 11.9. The Hall–Kier alpha value is -3.78. The maximum Gasteiger partial charge on any atom is 0.245 e. The molecule has 7 rings (SSSR count). The van der Waals surface area contributed by atoms with Crippen molar-refractivity contribution >= 4 is 17.1 Å². The van der Waals surface area contributed by atoms with Crippen LogP contribution in [0.3, 0.4) is 0 Å². The van der Waals surface area contributed by atoms with Gasteiger partial charge in [0.05, 0.1) is 0 Å². The van der Waals surface area contributed by atoms with Gasteiger partial charge in [-0.3, -0.25) is 9.36 Å². The van der Waals surface area contributed by atoms with Crippen molar-refractivity contribution < 1.29 is 4.79 Å². The van der Waals surface area contributed by atoms with Crippen molar-refractivity contribution in [3.05, 3.63) is 78.4 Å². The molecule has 1 saturated carbocycles. The van der Waals surface area contributed by atoms with E-state index in [1.165, 1.54) is 30.0 Å². The van der Waals surface area contributed by atoms with Crippen LogP contribution in [0.1, 0.15) is 61.0 Å². The number of imidazole rings is 1. The Balaban J connectivity index is 1.17. The molecule has 0 radical (unpaired) electrons. The van der Waals surface area contributed by atoms with Crippen molar-refractivity contribution in [3.8, 4) is 11.5 Å². The van der Waals surface area contributed by atoms with Crippen LogP contribution in [0, 0.1) is 0 Å². The average molecular weight is 494 g/mol. The third-order valence-corrected chi connectivity index (χ3v) is 8.08. The van der Waals surface area contributed by atoms with Gasteiger partial charge in [-0.05, 0) is 86.1 Å². The number of piperidine rings is 1. The summed E-state index contributed by atoms with van der Waals surface area (Å²) in [6, 6.07) is 13.6. The molecule has 4 heterocycles. The zero-order valence-electron chi connectivity index (χ0n) is 20.9. The number of hydrogen-bond acceptors (Lipinski definition) is 5. The zero-order valence-corrected chi connectivity index (χ0v) is 20.9. The smallest absolute Gasteiger partial charge is 0.245 e. The monoisotopic (exact) mass is 493 g/mol. The summed E-state index contributed by atoms with van der Waals surface area (Å²) in [5, 5.41) is 8.26. The standard InChI is InChI=1S/C29H31N7O/c1-2-27(37)34-16-12-21(13-17-34)31-24-9-6-20-18-22(7-8-23(20)24)36-28(19-4-5-19)32-25-10-11-26(33-29(25)36)35-15-3-14-30-35/h2-3,7-8,10-11,14-15,18-19,21,24,31H,1,4-6,9,12-13,16-17H2/t24-/m0/s1. The lowest BCUT2D eigenvalue weighted by Crippen LogP contribution is -2.45. The zero-order chi connectivity index (χ0) is 24.9. The molecule has 0 bridgehead atoms. The molecule has 1 aromatic carbocycles. The van der Waals surface area contributed by atoms with Crippen LogP contribution in [0.2, 0.25) is 0 Å². The van der Waals surface area contributed by atoms with Crippen molar-refractivity contribution in [2.75, 3.05) is 13.1 Å². The molecule has 3 aliphatic rings. The number of fused-ring (bicyclic) bond motifs is 2. The van der Waals surface area contributed by atoms with Gasteiger partial charge in [0.1, 0.15) is 11.3 Å². The van der Waals surface area contributed by atoms with Gasteiger partial charge in [0.25, 0.3) is 0 Å². The van der Waals surface area contributed by atoms with Crippen LogP contribution in [-0.4, -0.2) is 54.3 Å². The molecule has 2 fully saturated rings. The SMILES string of the molecule is C=CC(=O)N1CCC(N[C@H]2CCc3cc(-n4c(C5CC5)nc5ccc(-n6cccn6)nc54)ccc32)CC1. The first-order valence-corrected chi connectivity index (χ1v) is 13.4. The summed E-state index contributed by atoms with van der Waals surface area (Å²) in [7, 11) is 0. The van der Waals surface area contributed by atoms with E-state index in [9.17, 15) is 4.79 Å². The highest BCUT2D eigenvalue weighted by atomic mass is 16.2. The molecular weight excluding hydrogens is 462 g/mol. The molecule has 4 aromatic rings. The quantitative estimate of drug-likeness (QED) is 0.407. The number of carbonyl (C=O) groups is 1. The first kappa shape index (κ1) is 22.4. The normalized spacial score (nSPS) is 19.9. The van der Waals surface area contributed by atoms with Crippen molar-refractivity contribution in [1.29, 1.82) is 0 Å². The molecule has 8 heteroatoms. The molecule has 2 aliphatic carbocycles. The molecular formula is C29H31N7O. The summed E-state index contributed by atoms with van der Waals surface area (Å²) in [5.41, 5.74) is 5.77. The summed E-state index contributed by atoms with van der Waals surface area (Å²) in [6.07, 6.45) is 11.6. The fourth-order valence-corrected chi connectivity index (χ4v) is 5.96. The number of aromatic nitrogens is 5. The van der Waals surface area contributed by atoms with E-state index in [4.69, 9.17) is 9.97 Å². The van der Waals surface area contributed by atoms with Gasteiger partial charge >= 0.3 is 0 Å². The van der Waals surface area contributed by atoms with E-state index in [1.807, 2.05) is 23.2 Å². The Labute approximate surface area is 216 Å². The second-order valence-electron chi connectivity index (χ2n) is 10.5. The van der Waals surface area contributed by atoms with E-state index < -0.39 is 0 Å². The van der Waals surface area contributed by atoms with Gasteiger partial charge in [-0.25, -0.2) is 14.6 Å². The number of carbonyl (C=O) groups excluding carboxylic acids is 1. The summed E-state index contributed by atoms with van der Waals surface area (Å²) in [6.45, 7) is 5.21. The van der Waals surface area contributed by atoms with Gasteiger partial charge in [-0.1, -0.05) is 12.6 Å². The average Bonchev–Trinajstić information content (AvgIpc) is 3.32. The lowest BCUT2D eigenvalue weighted by atomic mass is 10.0. The number of nitrogens with zero attached hydrogens (tertiary/aromatic N) is 6. The second-order valence-corrected chi connectivity index (χ2v) is 10.5. The van der Waals surface area contributed by atoms with Crippen molar-refractivity contribution in [2.24, 2.45) is 0 Å². The van der Waals surface area contributed by atoms with E-state index in [0.717, 1.165) is 67.3 Å². The van der Waals surface area contributed by atoms with Gasteiger partial charge in [0.2, 0.25) is 5.91 Å². The minimum Gasteiger partial charge on any atom is -0.339 e. The molecule has 37 heavy (non-hydrogen) atoms. The highest BCUT2D eigenvalue weighted by Gasteiger charge is 2.32. The predicted molar refractivity (Wildman–Crippen MR) is 142 cm³/mol. The van der Waals surface area contributed by atoms with Crippen molar-refractivity contribution in [2.45, 2.75) is 56.5 Å². The largest absolute Gasteiger partial charge is 0.339 e. The third-order valence-electron chi connectivity index (χ3n) is 8.08. The highest BCUT2D eigenvalue weighted by molar-refractivity contribution is 5.87. The van der Waals surface area contributed by atoms with E-state index >= 15 is 0 Å². The van der Waals surface area contributed by atoms with Gasteiger partial charge in [-0.2, -0.15) is 5.10 Å². The predicted octanol–water partition coefficient (Wildman–Crippen LogP) is 4.24. The van der Waals surface area contributed by atoms with Crippen LogP contribution in [-0.2, 0) is 11.2 Å². The van der Waals surface area contributed by atoms with E-state index in [2.05, 4.69) is 45.8 Å². The summed E-state index contributed by atoms with van der Waals surface area (Å²) in [5.74, 6) is 2.46. The summed E-state index contributed by atoms with van der Waals surface area (Å²) >= 11 is 0. The number of rotatable bonds is 6. The number of benzene rings is 1. The van der Waals surface area contributed by atoms with Crippen LogP contribution in [0.5, 0.6) is 0 Å². The molecule has 1 N–H and O–H groups in total. The number of nitrogens with one attached hydrogen (secondary N) is 1. The fraction of sp³-hybridized carbons (Fsp3) is 0.379. The first-order chi connectivity index (χ1) is 18.2. The van der Waals surface area contributed by atoms with E-state index in [-0.39, 0.29) is 5.91 Å². The van der Waals surface area contributed by atoms with Gasteiger partial charge in [0, 0.05) is 49.2 Å². The molecule has 1 saturated heterocycles. The molecule has 1 atom stereocenters. The van der Waals surface area contributed by atoms with E-state index in [0.29, 0.717) is 18.0 Å². The first-order valence-electron chi connectivity index (χ1n) is 13.4. The molecule has 0 spiro atoms. The summed E-state index contributed by atoms with van der Waals surface area (Å²) < 4.78 is 4.07. The van der Waals surface area contributed by atoms with Crippen molar-refractivity contribution in [1.82, 2.24) is 34.5 Å². The number of pyridine rings is 1. The van der Waals surface area contributed by atoms with Crippen LogP contribution in [0.25, 0.3) is 22.7 Å². The molecule has 1 amide bonds. The van der Waals surface area contributed by atoms with Crippen LogP contribution < -0.4 is 5.32 Å². The van der Waals surface area contributed by atoms with Gasteiger partial charge < -0.3 is 10.2 Å². The highest BCUT2D eigenvalue weighted by Crippen LogP contribution is 2.42. The second kappa shape index (κ2) is 8.95. The molecule has 3 aromatic heterocycles. The molecule has 0 unspecified atom stereocenters. The molecule has 8 nitrogen and oxygen atoms in total. The molecule has 188 valence electrons. The van der Waals surface area contributed by atoms with Crippen molar-refractivity contribution in [3.63, 3.8) is 0 Å². The van der Waals surface area contributed by atoms with Crippen LogP contribution >= 0.6 is 0 Å². The number of likely N-dealkylation sites (tertiary alicyclic amines) is 1. The molecule has 1 aliphatic heterocycles. The Morgan fingerprint density at radius 1 is 1.05 bits per heavy atom. The Morgan fingerprint density at radius 2 is 1.92 bits per heavy atom. The van der Waals surface area contributed by atoms with Crippen LogP contribution in [0.15, 0.2) is 61.4 Å². The fourth-order valence-electron chi connectivity index (χ4n) is 5.96. The van der Waals surface area contributed by atoms with Gasteiger partial charge in [-0.15, -0.1) is 0 Å². The number of amides is 1. The Bertz CT molecular complexity index is 1480. The minimum atomic E-state index is 0.0426. The maximum absolute atomic E-state index is 11.9. The van der Waals surface area contributed by atoms with E-state index in [1.54, 1.807) is 10.9 Å². The third kappa shape index (κ3) is 4.05. The number of hydrogen-bond donors (Lipinski definition) is 1. The summed E-state index contributed by atoms with van der Waals surface area (Å²) in [4.78, 5) is 23.8. The number of aryl methyl sites for hydroxylation is 1.